The Kier molecular flexibility index (Phi) is 42.1. The summed E-state index contributed by atoms with van der Waals surface area (Å²) in [6.45, 7) is 4.54. The molecule has 0 aromatic heterocycles. The van der Waals surface area contributed by atoms with Gasteiger partial charge in [0.25, 0.3) is 0 Å². The van der Waals surface area contributed by atoms with Crippen LogP contribution in [0.3, 0.4) is 0 Å². The highest BCUT2D eigenvalue weighted by atomic mass is 31.2. The number of hydrogen-bond donors (Lipinski definition) is 3. The lowest BCUT2D eigenvalue weighted by Gasteiger charge is -2.25. The molecule has 0 aromatic rings. The van der Waals surface area contributed by atoms with Crippen molar-refractivity contribution in [1.29, 1.82) is 0 Å². The number of rotatable bonds is 41. The number of phosphoric acid groups is 1. The van der Waals surface area contributed by atoms with Crippen LogP contribution >= 0.6 is 7.82 Å². The fraction of sp³-hybridized carbons (Fsp3) is 0.545. The van der Waals surface area contributed by atoms with Crippen LogP contribution in [0.15, 0.2) is 146 Å². The first-order valence-corrected chi connectivity index (χ1v) is 25.7. The summed E-state index contributed by atoms with van der Waals surface area (Å²) in [5, 5.41) is 13.7. The predicted octanol–water partition coefficient (Wildman–Crippen LogP) is 14.2. The van der Waals surface area contributed by atoms with E-state index in [0.717, 1.165) is 96.3 Å². The van der Waals surface area contributed by atoms with Gasteiger partial charge in [0.2, 0.25) is 5.91 Å². The molecular formula is C55H90N2O6P+. The number of quaternary nitrogens is 1. The molecule has 0 fully saturated rings. The van der Waals surface area contributed by atoms with Gasteiger partial charge in [0.15, 0.2) is 0 Å². The van der Waals surface area contributed by atoms with E-state index in [-0.39, 0.29) is 25.5 Å². The lowest BCUT2D eigenvalue weighted by atomic mass is 10.1. The zero-order chi connectivity index (χ0) is 47.1. The summed E-state index contributed by atoms with van der Waals surface area (Å²) in [5.41, 5.74) is 0. The number of nitrogens with one attached hydrogen (secondary N) is 1. The maximum Gasteiger partial charge on any atom is 0.472 e. The van der Waals surface area contributed by atoms with Gasteiger partial charge in [-0.2, -0.15) is 0 Å². The molecule has 0 aliphatic carbocycles. The molecule has 3 unspecified atom stereocenters. The van der Waals surface area contributed by atoms with E-state index in [2.05, 4.69) is 153 Å². The Morgan fingerprint density at radius 3 is 1.38 bits per heavy atom. The molecule has 0 radical (unpaired) electrons. The molecular weight excluding hydrogens is 816 g/mol. The third kappa shape index (κ3) is 46.4. The molecule has 0 rings (SSSR count). The lowest BCUT2D eigenvalue weighted by Crippen LogP contribution is -2.45. The summed E-state index contributed by atoms with van der Waals surface area (Å²) >= 11 is 0. The molecule has 1 amide bonds. The number of carbonyl (C=O) groups is 1. The fourth-order valence-corrected chi connectivity index (χ4v) is 6.46. The van der Waals surface area contributed by atoms with Gasteiger partial charge >= 0.3 is 7.82 Å². The molecule has 9 heteroatoms. The topological polar surface area (TPSA) is 105 Å². The average molecular weight is 906 g/mol. The Morgan fingerprint density at radius 2 is 0.938 bits per heavy atom. The monoisotopic (exact) mass is 906 g/mol. The van der Waals surface area contributed by atoms with Crippen LogP contribution in [0.2, 0.25) is 0 Å². The first-order valence-electron chi connectivity index (χ1n) is 24.2. The van der Waals surface area contributed by atoms with Crippen molar-refractivity contribution in [3.8, 4) is 0 Å². The third-order valence-electron chi connectivity index (χ3n) is 9.54. The minimum atomic E-state index is -4.36. The van der Waals surface area contributed by atoms with Crippen molar-refractivity contribution in [2.24, 2.45) is 0 Å². The first-order chi connectivity index (χ1) is 31.0. The average Bonchev–Trinajstić information content (AvgIpc) is 3.25. The van der Waals surface area contributed by atoms with E-state index < -0.39 is 20.0 Å². The van der Waals surface area contributed by atoms with Crippen LogP contribution in [0.4, 0.5) is 0 Å². The quantitative estimate of drug-likeness (QED) is 0.0244. The van der Waals surface area contributed by atoms with E-state index in [1.165, 1.54) is 19.3 Å². The first kappa shape index (κ1) is 60.4. The van der Waals surface area contributed by atoms with Gasteiger partial charge in [-0.1, -0.05) is 173 Å². The zero-order valence-electron chi connectivity index (χ0n) is 40.7. The van der Waals surface area contributed by atoms with Crippen LogP contribution in [-0.2, 0) is 18.4 Å². The van der Waals surface area contributed by atoms with E-state index in [4.69, 9.17) is 9.05 Å². The van der Waals surface area contributed by atoms with Gasteiger partial charge in [0.05, 0.1) is 39.9 Å². The number of amides is 1. The number of aliphatic hydroxyl groups is 1. The smallest absolute Gasteiger partial charge is 0.387 e. The summed E-state index contributed by atoms with van der Waals surface area (Å²) in [6.07, 6.45) is 69.5. The van der Waals surface area contributed by atoms with Crippen LogP contribution in [-0.4, -0.2) is 73.4 Å². The van der Waals surface area contributed by atoms with Gasteiger partial charge in [-0.25, -0.2) is 4.57 Å². The minimum Gasteiger partial charge on any atom is -0.387 e. The van der Waals surface area contributed by atoms with E-state index in [1.807, 2.05) is 27.2 Å². The molecule has 0 spiro atoms. The fourth-order valence-electron chi connectivity index (χ4n) is 5.73. The Morgan fingerprint density at radius 1 is 0.547 bits per heavy atom. The molecule has 64 heavy (non-hydrogen) atoms. The van der Waals surface area contributed by atoms with Gasteiger partial charge in [0.1, 0.15) is 13.2 Å². The van der Waals surface area contributed by atoms with Crippen molar-refractivity contribution in [2.45, 2.75) is 154 Å². The lowest BCUT2D eigenvalue weighted by molar-refractivity contribution is -0.870. The molecule has 3 atom stereocenters. The zero-order valence-corrected chi connectivity index (χ0v) is 41.6. The van der Waals surface area contributed by atoms with Crippen LogP contribution in [0.25, 0.3) is 0 Å². The molecule has 0 bridgehead atoms. The van der Waals surface area contributed by atoms with Crippen LogP contribution in [0.1, 0.15) is 142 Å². The highest BCUT2D eigenvalue weighted by Gasteiger charge is 2.27. The molecule has 3 N–H and O–H groups in total. The summed E-state index contributed by atoms with van der Waals surface area (Å²) in [5.74, 6) is -0.241. The second-order valence-corrected chi connectivity index (χ2v) is 18.2. The van der Waals surface area contributed by atoms with Gasteiger partial charge in [-0.05, 0) is 109 Å². The second-order valence-electron chi connectivity index (χ2n) is 16.7. The van der Waals surface area contributed by atoms with Gasteiger partial charge in [0, 0.05) is 6.42 Å². The van der Waals surface area contributed by atoms with Crippen LogP contribution in [0, 0.1) is 0 Å². The van der Waals surface area contributed by atoms with E-state index in [0.29, 0.717) is 17.4 Å². The highest BCUT2D eigenvalue weighted by Crippen LogP contribution is 2.43. The van der Waals surface area contributed by atoms with Gasteiger partial charge in [-0.3, -0.25) is 13.8 Å². The molecule has 8 nitrogen and oxygen atoms in total. The number of carbonyl (C=O) groups excluding carboxylic acids is 1. The van der Waals surface area contributed by atoms with E-state index in [9.17, 15) is 19.4 Å². The predicted molar refractivity (Wildman–Crippen MR) is 276 cm³/mol. The second kappa shape index (κ2) is 44.6. The molecule has 0 aromatic carbocycles. The summed E-state index contributed by atoms with van der Waals surface area (Å²) < 4.78 is 23.4. The van der Waals surface area contributed by atoms with E-state index in [1.54, 1.807) is 6.08 Å². The Balaban J connectivity index is 4.31. The Hall–Kier alpha value is -3.62. The van der Waals surface area contributed by atoms with Crippen molar-refractivity contribution in [2.75, 3.05) is 40.9 Å². The van der Waals surface area contributed by atoms with Crippen molar-refractivity contribution in [3.05, 3.63) is 146 Å². The largest absolute Gasteiger partial charge is 0.472 e. The van der Waals surface area contributed by atoms with Crippen molar-refractivity contribution < 1.29 is 32.9 Å². The standard InChI is InChI=1S/C55H89N2O6P/c1-6-8-10-12-14-16-17-18-19-20-21-22-23-24-25-26-27-28-29-30-31-32-33-34-35-36-37-38-39-41-43-45-47-49-55(59)56-53(52-63-64(60,61)62-51-50-57(3,4)5)54(58)48-46-44-42-40-15-13-11-9-7-2/h8,10,14-16,18-19,21-22,24-25,27-28,30-31,33-34,36-37,39-41,46,48,53-54,58H,6-7,9,11-13,17,20,23,26,29,32,35,38,42-45,47,49-52H2,1-5H3,(H-,56,59,60,61)/p+1/b10-8-,16-14-,19-18-,22-21-,25-24-,28-27-,31-30-,34-33-,37-36-,40-15+,41-39-,48-46+. The number of phosphoric ester groups is 1. The Bertz CT molecular complexity index is 1540. The third-order valence-corrected chi connectivity index (χ3v) is 10.5. The van der Waals surface area contributed by atoms with Crippen LogP contribution in [0.5, 0.6) is 0 Å². The highest BCUT2D eigenvalue weighted by molar-refractivity contribution is 7.47. The molecule has 0 saturated heterocycles. The van der Waals surface area contributed by atoms with E-state index >= 15 is 0 Å². The number of unbranched alkanes of at least 4 members (excludes halogenated alkanes) is 6. The number of nitrogens with zero attached hydrogens (tertiary/aromatic N) is 1. The maximum absolute atomic E-state index is 12.8. The summed E-state index contributed by atoms with van der Waals surface area (Å²) in [7, 11) is 1.49. The number of aliphatic hydroxyl groups excluding tert-OH is 1. The van der Waals surface area contributed by atoms with Gasteiger partial charge in [-0.15, -0.1) is 0 Å². The van der Waals surface area contributed by atoms with Crippen molar-refractivity contribution in [3.63, 3.8) is 0 Å². The SMILES string of the molecule is CC/C=C\C/C=C\C/C=C\C/C=C\C/C=C\C/C=C\C/C=C\C/C=C\C/C=C\C/C=C\CCCCC(=O)NC(COP(=O)(O)OCC[N+](C)(C)C)C(O)/C=C/CC/C=C/CCCCC. The molecule has 0 aliphatic heterocycles. The number of hydrogen-bond acceptors (Lipinski definition) is 5. The van der Waals surface area contributed by atoms with Crippen molar-refractivity contribution in [1.82, 2.24) is 5.32 Å². The molecule has 0 heterocycles. The molecule has 360 valence electrons. The van der Waals surface area contributed by atoms with Gasteiger partial charge < -0.3 is 19.8 Å². The summed E-state index contributed by atoms with van der Waals surface area (Å²) in [4.78, 5) is 23.1. The van der Waals surface area contributed by atoms with Crippen LogP contribution < -0.4 is 5.32 Å². The maximum atomic E-state index is 12.8. The normalized spacial score (nSPS) is 15.4. The molecule has 0 saturated carbocycles. The Labute approximate surface area is 391 Å². The number of allylic oxidation sites excluding steroid dienone is 23. The molecule has 0 aliphatic rings. The minimum absolute atomic E-state index is 0.0382. The summed E-state index contributed by atoms with van der Waals surface area (Å²) in [6, 6.07) is -0.896. The number of likely N-dealkylation sites (N-methyl/N-ethyl adjacent to an activating group) is 1. The van der Waals surface area contributed by atoms with Crippen molar-refractivity contribution >= 4 is 13.7 Å².